The van der Waals surface area contributed by atoms with E-state index in [1.165, 1.54) is 98.8 Å². The van der Waals surface area contributed by atoms with Crippen LogP contribution in [0.15, 0.2) is 249 Å². The molecule has 2 atom stereocenters. The van der Waals surface area contributed by atoms with Gasteiger partial charge in [-0.25, -0.2) is 0 Å². The fourth-order valence-corrected chi connectivity index (χ4v) is 14.0. The second-order valence-electron chi connectivity index (χ2n) is 20.8. The molecule has 4 aliphatic rings. The van der Waals surface area contributed by atoms with Gasteiger partial charge in [0.05, 0.1) is 0 Å². The Balaban J connectivity index is 0.807. The maximum absolute atomic E-state index is 2.49. The van der Waals surface area contributed by atoms with Gasteiger partial charge in [-0.2, -0.15) is 0 Å². The summed E-state index contributed by atoms with van der Waals surface area (Å²) < 4.78 is 0. The second-order valence-corrected chi connectivity index (χ2v) is 20.8. The van der Waals surface area contributed by atoms with Crippen molar-refractivity contribution in [2.24, 2.45) is 23.2 Å². The SMILES string of the molecule is c1ccc(-c2ccc(N(c3ccc(-c4ccc(N(c5ccc(C67CC8CC9CC(C6)C98C7)cc5)c5ccc6ccccc6c5)cc4)cc3)c3ccc(-c4ccccc4)c(-c4ccccc4)c3)cc2)cc1. The van der Waals surface area contributed by atoms with Gasteiger partial charge in [-0.15, -0.1) is 0 Å². The molecule has 0 saturated heterocycles. The van der Waals surface area contributed by atoms with Crippen molar-refractivity contribution in [3.63, 3.8) is 0 Å². The molecule has 4 saturated carbocycles. The monoisotopic (exact) mass is 898 g/mol. The summed E-state index contributed by atoms with van der Waals surface area (Å²) in [5.41, 5.74) is 19.1. The van der Waals surface area contributed by atoms with E-state index >= 15 is 0 Å². The van der Waals surface area contributed by atoms with Gasteiger partial charge in [0.1, 0.15) is 0 Å². The number of fused-ring (bicyclic) bond motifs is 2. The highest BCUT2D eigenvalue weighted by Crippen LogP contribution is 2.84. The normalized spacial score (nSPS) is 21.4. The fourth-order valence-electron chi connectivity index (χ4n) is 14.0. The minimum Gasteiger partial charge on any atom is -0.310 e. The number of benzene rings is 10. The van der Waals surface area contributed by atoms with Gasteiger partial charge < -0.3 is 9.80 Å². The number of nitrogens with zero attached hydrogens (tertiary/aromatic N) is 2. The molecular formula is C68H54N2. The molecular weight excluding hydrogens is 845 g/mol. The third-order valence-electron chi connectivity index (χ3n) is 17.3. The lowest BCUT2D eigenvalue weighted by Crippen LogP contribution is -2.59. The molecule has 0 radical (unpaired) electrons. The van der Waals surface area contributed by atoms with Gasteiger partial charge in [0.15, 0.2) is 0 Å². The van der Waals surface area contributed by atoms with Crippen LogP contribution in [0, 0.1) is 23.2 Å². The van der Waals surface area contributed by atoms with E-state index in [1.54, 1.807) is 5.56 Å². The summed E-state index contributed by atoms with van der Waals surface area (Å²) in [5.74, 6) is 3.00. The van der Waals surface area contributed by atoms with Crippen molar-refractivity contribution in [2.45, 2.75) is 37.5 Å². The first-order chi connectivity index (χ1) is 34.6. The first-order valence-corrected chi connectivity index (χ1v) is 25.4. The van der Waals surface area contributed by atoms with Crippen molar-refractivity contribution in [1.82, 2.24) is 0 Å². The highest BCUT2D eigenvalue weighted by Gasteiger charge is 2.77. The third-order valence-corrected chi connectivity index (χ3v) is 17.3. The van der Waals surface area contributed by atoms with Crippen molar-refractivity contribution < 1.29 is 0 Å². The van der Waals surface area contributed by atoms with E-state index in [1.807, 2.05) is 0 Å². The fraction of sp³-hybridized carbons (Fsp3) is 0.147. The van der Waals surface area contributed by atoms with Crippen molar-refractivity contribution in [2.75, 3.05) is 9.80 Å². The molecule has 4 aliphatic carbocycles. The quantitative estimate of drug-likeness (QED) is 0.128. The van der Waals surface area contributed by atoms with Crippen molar-refractivity contribution in [3.05, 3.63) is 254 Å². The predicted molar refractivity (Wildman–Crippen MR) is 293 cm³/mol. The number of rotatable bonds is 11. The Morgan fingerprint density at radius 1 is 0.300 bits per heavy atom. The maximum atomic E-state index is 2.49. The smallest absolute Gasteiger partial charge is 0.0468 e. The van der Waals surface area contributed by atoms with Crippen LogP contribution in [0.2, 0.25) is 0 Å². The Morgan fingerprint density at radius 2 is 0.700 bits per heavy atom. The molecule has 1 spiro atoms. The summed E-state index contributed by atoms with van der Waals surface area (Å²) in [7, 11) is 0. The predicted octanol–water partition coefficient (Wildman–Crippen LogP) is 18.5. The summed E-state index contributed by atoms with van der Waals surface area (Å²) in [6.45, 7) is 0. The van der Waals surface area contributed by atoms with Gasteiger partial charge in [0.25, 0.3) is 0 Å². The first kappa shape index (κ1) is 41.1. The lowest BCUT2D eigenvalue weighted by Gasteiger charge is -2.66. The molecule has 2 bridgehead atoms. The molecule has 2 heteroatoms. The summed E-state index contributed by atoms with van der Waals surface area (Å²) >= 11 is 0. The molecule has 10 aromatic carbocycles. The van der Waals surface area contributed by atoms with Crippen LogP contribution in [0.4, 0.5) is 34.1 Å². The number of hydrogen-bond acceptors (Lipinski definition) is 2. The molecule has 0 aromatic heterocycles. The van der Waals surface area contributed by atoms with Crippen LogP contribution in [0.5, 0.6) is 0 Å². The second kappa shape index (κ2) is 16.4. The lowest BCUT2D eigenvalue weighted by atomic mass is 9.38. The molecule has 14 rings (SSSR count). The molecule has 0 N–H and O–H groups in total. The summed E-state index contributed by atoms with van der Waals surface area (Å²) in [6.07, 6.45) is 7.25. The van der Waals surface area contributed by atoms with Crippen LogP contribution >= 0.6 is 0 Å². The highest BCUT2D eigenvalue weighted by atomic mass is 15.1. The van der Waals surface area contributed by atoms with Gasteiger partial charge in [-0.1, -0.05) is 176 Å². The molecule has 0 amide bonds. The summed E-state index contributed by atoms with van der Waals surface area (Å²) in [6, 6.07) is 91.7. The van der Waals surface area contributed by atoms with E-state index in [9.17, 15) is 0 Å². The zero-order valence-electron chi connectivity index (χ0n) is 39.3. The molecule has 336 valence electrons. The standard InChI is InChI=1S/C68H54N2/c1-4-12-47(13-5-1)49-20-29-60(30-21-49)70(64-38-39-65(52-15-6-2-7-16-52)66(43-64)53-17-8-3-9-18-53)61-33-24-51(25-34-61)50-22-31-59(32-23-50)69(63-35-26-48-14-10-11-19-54(48)40-63)62-36-27-55(28-37-62)67-44-57-41-56-42-58(45-67)68(56,57)46-67/h1-40,43,56-58H,41-42,44-46H2. The molecule has 70 heavy (non-hydrogen) atoms. The highest BCUT2D eigenvalue weighted by molar-refractivity contribution is 5.91. The summed E-state index contributed by atoms with van der Waals surface area (Å²) in [4.78, 5) is 4.83. The Labute approximate surface area is 412 Å². The minimum atomic E-state index is 0.395. The first-order valence-electron chi connectivity index (χ1n) is 25.4. The molecule has 2 unspecified atom stereocenters. The molecule has 2 nitrogen and oxygen atoms in total. The zero-order valence-corrected chi connectivity index (χ0v) is 39.3. The van der Waals surface area contributed by atoms with Gasteiger partial charge >= 0.3 is 0 Å². The Bertz CT molecular complexity index is 3490. The van der Waals surface area contributed by atoms with Crippen molar-refractivity contribution in [1.29, 1.82) is 0 Å². The van der Waals surface area contributed by atoms with Crippen molar-refractivity contribution >= 4 is 44.9 Å². The molecule has 4 fully saturated rings. The minimum absolute atomic E-state index is 0.395. The largest absolute Gasteiger partial charge is 0.310 e. The maximum Gasteiger partial charge on any atom is 0.0468 e. The molecule has 0 heterocycles. The van der Waals surface area contributed by atoms with Crippen LogP contribution in [-0.4, -0.2) is 0 Å². The van der Waals surface area contributed by atoms with Crippen LogP contribution < -0.4 is 9.80 Å². The van der Waals surface area contributed by atoms with Crippen LogP contribution in [0.1, 0.15) is 37.7 Å². The third kappa shape index (κ3) is 6.68. The Hall–Kier alpha value is -7.94. The van der Waals surface area contributed by atoms with Gasteiger partial charge in [0, 0.05) is 34.1 Å². The van der Waals surface area contributed by atoms with Crippen LogP contribution in [0.25, 0.3) is 55.3 Å². The van der Waals surface area contributed by atoms with Gasteiger partial charge in [-0.05, 0) is 194 Å². The Morgan fingerprint density at radius 3 is 1.20 bits per heavy atom. The van der Waals surface area contributed by atoms with E-state index in [-0.39, 0.29) is 0 Å². The van der Waals surface area contributed by atoms with Gasteiger partial charge in [-0.3, -0.25) is 0 Å². The average molecular weight is 899 g/mol. The number of hydrogen-bond donors (Lipinski definition) is 0. The molecule has 0 aliphatic heterocycles. The van der Waals surface area contributed by atoms with E-state index < -0.39 is 0 Å². The topological polar surface area (TPSA) is 6.48 Å². The van der Waals surface area contributed by atoms with Crippen LogP contribution in [0.3, 0.4) is 0 Å². The van der Waals surface area contributed by atoms with Crippen molar-refractivity contribution in [3.8, 4) is 44.5 Å². The van der Waals surface area contributed by atoms with E-state index in [4.69, 9.17) is 0 Å². The van der Waals surface area contributed by atoms with Gasteiger partial charge in [0.2, 0.25) is 0 Å². The Kier molecular flexibility index (Phi) is 9.59. The van der Waals surface area contributed by atoms with Crippen LogP contribution in [-0.2, 0) is 5.41 Å². The van der Waals surface area contributed by atoms with E-state index in [0.717, 1.165) is 40.5 Å². The van der Waals surface area contributed by atoms with E-state index in [2.05, 4.69) is 259 Å². The lowest BCUT2D eigenvalue weighted by molar-refractivity contribution is -0.175. The number of anilines is 6. The summed E-state index contributed by atoms with van der Waals surface area (Å²) in [5, 5.41) is 2.51. The average Bonchev–Trinajstić information content (AvgIpc) is 3.92. The van der Waals surface area contributed by atoms with E-state index in [0.29, 0.717) is 10.8 Å². The zero-order chi connectivity index (χ0) is 46.2. The molecule has 10 aromatic rings.